The summed E-state index contributed by atoms with van der Waals surface area (Å²) in [6, 6.07) is 12.3. The molecule has 31 heavy (non-hydrogen) atoms. The van der Waals surface area contributed by atoms with Gasteiger partial charge in [-0.05, 0) is 35.9 Å². The average Bonchev–Trinajstić information content (AvgIpc) is 3.51. The molecule has 5 aromatic heterocycles. The Morgan fingerprint density at radius 3 is 2.77 bits per heavy atom. The van der Waals surface area contributed by atoms with Gasteiger partial charge < -0.3 is 0 Å². The number of aryl methyl sites for hydroxylation is 1. The van der Waals surface area contributed by atoms with E-state index in [1.165, 1.54) is 11.3 Å². The number of hydrogen-bond donors (Lipinski definition) is 0. The summed E-state index contributed by atoms with van der Waals surface area (Å²) in [6.07, 6.45) is 9.91. The Kier molecular flexibility index (Phi) is 4.07. The molecule has 0 saturated carbocycles. The second kappa shape index (κ2) is 7.06. The first-order chi connectivity index (χ1) is 15.2. The molecule has 0 N–H and O–H groups in total. The molecule has 0 saturated heterocycles. The summed E-state index contributed by atoms with van der Waals surface area (Å²) in [5.74, 6) is 0.803. The fourth-order valence-electron chi connectivity index (χ4n) is 3.58. The van der Waals surface area contributed by atoms with Crippen molar-refractivity contribution in [2.75, 3.05) is 0 Å². The van der Waals surface area contributed by atoms with Crippen molar-refractivity contribution >= 4 is 27.2 Å². The van der Waals surface area contributed by atoms with E-state index < -0.39 is 0 Å². The number of rotatable bonds is 4. The van der Waals surface area contributed by atoms with Gasteiger partial charge in [-0.1, -0.05) is 17.4 Å². The maximum atomic E-state index is 4.71. The van der Waals surface area contributed by atoms with Gasteiger partial charge in [0.15, 0.2) is 5.82 Å². The van der Waals surface area contributed by atoms with E-state index in [9.17, 15) is 0 Å². The summed E-state index contributed by atoms with van der Waals surface area (Å²) in [4.78, 5) is 9.55. The standard InChI is InChI=1S/C22H16N8S/c1-29-13-18(12-25-29)17-9-16-7-14(4-5-19(16)24-11-17)8-20-26-27-22-30(20)28-21(31-22)15-3-2-6-23-10-15/h2-7,9-13H,8H2,1H3. The van der Waals surface area contributed by atoms with Gasteiger partial charge in [0, 0.05) is 60.3 Å². The number of aromatic nitrogens is 8. The molecular formula is C22H16N8S. The van der Waals surface area contributed by atoms with Gasteiger partial charge in [-0.15, -0.1) is 10.2 Å². The van der Waals surface area contributed by atoms with Gasteiger partial charge >= 0.3 is 0 Å². The van der Waals surface area contributed by atoms with Crippen LogP contribution in [0.3, 0.4) is 0 Å². The Bertz CT molecular complexity index is 1530. The van der Waals surface area contributed by atoms with E-state index in [-0.39, 0.29) is 0 Å². The van der Waals surface area contributed by atoms with Gasteiger partial charge in [-0.2, -0.15) is 14.7 Å². The molecule has 0 radical (unpaired) electrons. The zero-order valence-corrected chi connectivity index (χ0v) is 17.4. The number of benzene rings is 1. The Balaban J connectivity index is 1.35. The summed E-state index contributed by atoms with van der Waals surface area (Å²) in [5.41, 5.74) is 5.15. The minimum absolute atomic E-state index is 0.629. The van der Waals surface area contributed by atoms with Crippen molar-refractivity contribution in [3.63, 3.8) is 0 Å². The van der Waals surface area contributed by atoms with Crippen molar-refractivity contribution in [2.45, 2.75) is 6.42 Å². The van der Waals surface area contributed by atoms with E-state index in [0.29, 0.717) is 6.42 Å². The van der Waals surface area contributed by atoms with Crippen LogP contribution in [-0.2, 0) is 13.5 Å². The first-order valence-electron chi connectivity index (χ1n) is 9.72. The molecule has 5 heterocycles. The molecule has 6 rings (SSSR count). The Labute approximate surface area is 180 Å². The van der Waals surface area contributed by atoms with E-state index in [0.717, 1.165) is 48.9 Å². The van der Waals surface area contributed by atoms with Crippen LogP contribution in [0.25, 0.3) is 37.6 Å². The summed E-state index contributed by atoms with van der Waals surface area (Å²) < 4.78 is 3.61. The fraction of sp³-hybridized carbons (Fsp3) is 0.0909. The lowest BCUT2D eigenvalue weighted by Crippen LogP contribution is -1.98. The SMILES string of the molecule is Cn1cc(-c2cnc3ccc(Cc4nnc5sc(-c6cccnc6)nn45)cc3c2)cn1. The summed E-state index contributed by atoms with van der Waals surface area (Å²) in [7, 11) is 1.91. The predicted octanol–water partition coefficient (Wildman–Crippen LogP) is 3.79. The van der Waals surface area contributed by atoms with Gasteiger partial charge in [-0.25, -0.2) is 0 Å². The lowest BCUT2D eigenvalue weighted by molar-refractivity contribution is 0.768. The molecular weight excluding hydrogens is 408 g/mol. The molecule has 0 aliphatic rings. The Morgan fingerprint density at radius 1 is 0.968 bits per heavy atom. The molecule has 0 unspecified atom stereocenters. The van der Waals surface area contributed by atoms with E-state index >= 15 is 0 Å². The van der Waals surface area contributed by atoms with Crippen LogP contribution in [0.2, 0.25) is 0 Å². The molecule has 1 aromatic carbocycles. The van der Waals surface area contributed by atoms with Gasteiger partial charge in [0.2, 0.25) is 4.96 Å². The fourth-order valence-corrected chi connectivity index (χ4v) is 4.42. The lowest BCUT2D eigenvalue weighted by Gasteiger charge is -2.04. The van der Waals surface area contributed by atoms with Crippen LogP contribution in [0.1, 0.15) is 11.4 Å². The van der Waals surface area contributed by atoms with Crippen molar-refractivity contribution in [1.29, 1.82) is 0 Å². The highest BCUT2D eigenvalue weighted by Gasteiger charge is 2.14. The summed E-state index contributed by atoms with van der Waals surface area (Å²) >= 11 is 1.51. The normalized spacial score (nSPS) is 11.5. The van der Waals surface area contributed by atoms with Crippen molar-refractivity contribution in [1.82, 2.24) is 39.6 Å². The minimum atomic E-state index is 0.629. The van der Waals surface area contributed by atoms with Gasteiger partial charge in [0.05, 0.1) is 11.7 Å². The molecule has 0 aliphatic heterocycles. The van der Waals surface area contributed by atoms with Gasteiger partial charge in [-0.3, -0.25) is 14.6 Å². The Morgan fingerprint density at radius 2 is 1.94 bits per heavy atom. The molecule has 8 nitrogen and oxygen atoms in total. The largest absolute Gasteiger partial charge is 0.275 e. The van der Waals surface area contributed by atoms with Crippen LogP contribution in [0.4, 0.5) is 0 Å². The zero-order chi connectivity index (χ0) is 20.8. The molecule has 0 atom stereocenters. The molecule has 150 valence electrons. The molecule has 0 spiro atoms. The number of fused-ring (bicyclic) bond motifs is 2. The first-order valence-corrected chi connectivity index (χ1v) is 10.5. The zero-order valence-electron chi connectivity index (χ0n) is 16.5. The quantitative estimate of drug-likeness (QED) is 0.428. The van der Waals surface area contributed by atoms with Gasteiger partial charge in [0.1, 0.15) is 5.01 Å². The highest BCUT2D eigenvalue weighted by Crippen LogP contribution is 2.26. The maximum absolute atomic E-state index is 4.71. The van der Waals surface area contributed by atoms with Gasteiger partial charge in [0.25, 0.3) is 0 Å². The van der Waals surface area contributed by atoms with Crippen LogP contribution in [0, 0.1) is 0 Å². The molecule has 0 bridgehead atoms. The second-order valence-electron chi connectivity index (χ2n) is 7.29. The maximum Gasteiger partial charge on any atom is 0.234 e. The molecule has 9 heteroatoms. The van der Waals surface area contributed by atoms with E-state index in [4.69, 9.17) is 5.10 Å². The lowest BCUT2D eigenvalue weighted by atomic mass is 10.0. The van der Waals surface area contributed by atoms with E-state index in [2.05, 4.69) is 43.5 Å². The third-order valence-corrected chi connectivity index (χ3v) is 6.06. The average molecular weight is 424 g/mol. The molecule has 0 aliphatic carbocycles. The van der Waals surface area contributed by atoms with E-state index in [1.54, 1.807) is 10.9 Å². The second-order valence-corrected chi connectivity index (χ2v) is 8.25. The molecule has 6 aromatic rings. The van der Waals surface area contributed by atoms with Crippen LogP contribution in [-0.4, -0.2) is 39.6 Å². The highest BCUT2D eigenvalue weighted by atomic mass is 32.1. The van der Waals surface area contributed by atoms with Crippen molar-refractivity contribution in [3.8, 4) is 21.7 Å². The third-order valence-electron chi connectivity index (χ3n) is 5.11. The number of hydrogen-bond acceptors (Lipinski definition) is 7. The molecule has 0 fully saturated rings. The van der Waals surface area contributed by atoms with Crippen molar-refractivity contribution in [2.24, 2.45) is 7.05 Å². The van der Waals surface area contributed by atoms with Crippen LogP contribution < -0.4 is 0 Å². The van der Waals surface area contributed by atoms with Crippen molar-refractivity contribution < 1.29 is 0 Å². The highest BCUT2D eigenvalue weighted by molar-refractivity contribution is 7.19. The topological polar surface area (TPSA) is 86.7 Å². The van der Waals surface area contributed by atoms with Crippen LogP contribution >= 0.6 is 11.3 Å². The predicted molar refractivity (Wildman–Crippen MR) is 119 cm³/mol. The first kappa shape index (κ1) is 17.8. The smallest absolute Gasteiger partial charge is 0.234 e. The van der Waals surface area contributed by atoms with Crippen molar-refractivity contribution in [3.05, 3.63) is 78.8 Å². The monoisotopic (exact) mass is 424 g/mol. The minimum Gasteiger partial charge on any atom is -0.275 e. The van der Waals surface area contributed by atoms with Crippen LogP contribution in [0.5, 0.6) is 0 Å². The number of pyridine rings is 2. The summed E-state index contributed by atoms with van der Waals surface area (Å²) in [5, 5.41) is 19.6. The van der Waals surface area contributed by atoms with E-state index in [1.807, 2.05) is 54.5 Å². The summed E-state index contributed by atoms with van der Waals surface area (Å²) in [6.45, 7) is 0. The third kappa shape index (κ3) is 3.24. The van der Waals surface area contributed by atoms with Crippen LogP contribution in [0.15, 0.2) is 67.4 Å². The number of nitrogens with zero attached hydrogens (tertiary/aromatic N) is 8. The molecule has 0 amide bonds. The Hall–Kier alpha value is -3.98.